The van der Waals surface area contributed by atoms with Crippen molar-refractivity contribution >= 4 is 5.65 Å². The van der Waals surface area contributed by atoms with Gasteiger partial charge >= 0.3 is 0 Å². The van der Waals surface area contributed by atoms with Crippen molar-refractivity contribution in [2.45, 2.75) is 12.3 Å². The largest absolute Gasteiger partial charge is 0.316 e. The molecule has 0 bridgehead atoms. The van der Waals surface area contributed by atoms with E-state index in [4.69, 9.17) is 0 Å². The van der Waals surface area contributed by atoms with Crippen LogP contribution in [0.5, 0.6) is 0 Å². The molecule has 14 heavy (non-hydrogen) atoms. The van der Waals surface area contributed by atoms with Gasteiger partial charge in [0.15, 0.2) is 5.65 Å². The van der Waals surface area contributed by atoms with Gasteiger partial charge in [0.2, 0.25) is 0 Å². The van der Waals surface area contributed by atoms with Crippen molar-refractivity contribution in [2.24, 2.45) is 0 Å². The molecule has 1 atom stereocenters. The molecule has 3 rings (SSSR count). The van der Waals surface area contributed by atoms with E-state index in [9.17, 15) is 0 Å². The summed E-state index contributed by atoms with van der Waals surface area (Å²) < 4.78 is 1.83. The summed E-state index contributed by atoms with van der Waals surface area (Å²) in [4.78, 5) is 0. The van der Waals surface area contributed by atoms with Gasteiger partial charge in [-0.3, -0.25) is 0 Å². The summed E-state index contributed by atoms with van der Waals surface area (Å²) >= 11 is 0. The standard InChI is InChI=1S/C9H11N5/c1-2-8(7-4-5-10-6-7)14-9(3-1)11-12-13-14/h1-3,7,10H,4-6H2. The van der Waals surface area contributed by atoms with Crippen molar-refractivity contribution in [3.63, 3.8) is 0 Å². The predicted octanol–water partition coefficient (Wildman–Crippen LogP) is 0.201. The van der Waals surface area contributed by atoms with Crippen LogP contribution in [0.15, 0.2) is 18.2 Å². The zero-order valence-electron chi connectivity index (χ0n) is 7.72. The Hall–Kier alpha value is -1.49. The summed E-state index contributed by atoms with van der Waals surface area (Å²) in [6, 6.07) is 6.03. The first-order valence-electron chi connectivity index (χ1n) is 4.83. The highest BCUT2D eigenvalue weighted by Crippen LogP contribution is 2.21. The average Bonchev–Trinajstić information content (AvgIpc) is 2.88. The molecule has 1 aliphatic heterocycles. The normalized spacial score (nSPS) is 21.9. The summed E-state index contributed by atoms with van der Waals surface area (Å²) in [6.45, 7) is 2.11. The minimum absolute atomic E-state index is 0.544. The van der Waals surface area contributed by atoms with Crippen LogP contribution in [0.4, 0.5) is 0 Å². The Morgan fingerprint density at radius 3 is 3.29 bits per heavy atom. The second kappa shape index (κ2) is 3.02. The van der Waals surface area contributed by atoms with E-state index in [1.165, 1.54) is 12.1 Å². The average molecular weight is 189 g/mol. The van der Waals surface area contributed by atoms with Gasteiger partial charge in [0, 0.05) is 12.5 Å². The number of hydrogen-bond acceptors (Lipinski definition) is 4. The van der Waals surface area contributed by atoms with Crippen LogP contribution in [0.25, 0.3) is 5.65 Å². The lowest BCUT2D eigenvalue weighted by atomic mass is 10.0. The number of nitrogens with one attached hydrogen (secondary N) is 1. The molecule has 5 heteroatoms. The number of aromatic nitrogens is 4. The van der Waals surface area contributed by atoms with E-state index in [2.05, 4.69) is 26.9 Å². The fourth-order valence-corrected chi connectivity index (χ4v) is 2.00. The Morgan fingerprint density at radius 2 is 2.43 bits per heavy atom. The van der Waals surface area contributed by atoms with Crippen LogP contribution in [0.1, 0.15) is 18.0 Å². The van der Waals surface area contributed by atoms with Gasteiger partial charge in [0.05, 0.1) is 5.69 Å². The summed E-state index contributed by atoms with van der Waals surface area (Å²) in [5.41, 5.74) is 2.03. The highest BCUT2D eigenvalue weighted by atomic mass is 15.5. The molecule has 5 nitrogen and oxygen atoms in total. The van der Waals surface area contributed by atoms with Crippen LogP contribution in [0, 0.1) is 0 Å². The third kappa shape index (κ3) is 1.09. The minimum Gasteiger partial charge on any atom is -0.316 e. The van der Waals surface area contributed by atoms with Gasteiger partial charge < -0.3 is 5.32 Å². The maximum Gasteiger partial charge on any atom is 0.179 e. The first kappa shape index (κ1) is 7.87. The zero-order chi connectivity index (χ0) is 9.38. The number of nitrogens with zero attached hydrogens (tertiary/aromatic N) is 4. The Balaban J connectivity index is 2.14. The molecule has 1 saturated heterocycles. The second-order valence-electron chi connectivity index (χ2n) is 3.59. The van der Waals surface area contributed by atoms with Crippen molar-refractivity contribution < 1.29 is 0 Å². The molecule has 0 radical (unpaired) electrons. The Morgan fingerprint density at radius 1 is 1.43 bits per heavy atom. The van der Waals surface area contributed by atoms with Gasteiger partial charge in [0.25, 0.3) is 0 Å². The van der Waals surface area contributed by atoms with Crippen molar-refractivity contribution in [2.75, 3.05) is 13.1 Å². The van der Waals surface area contributed by atoms with Crippen molar-refractivity contribution in [1.82, 2.24) is 25.4 Å². The smallest absolute Gasteiger partial charge is 0.179 e. The summed E-state index contributed by atoms with van der Waals surface area (Å²) in [6.07, 6.45) is 1.17. The maximum atomic E-state index is 3.99. The third-order valence-corrected chi connectivity index (χ3v) is 2.73. The molecule has 0 spiro atoms. The van der Waals surface area contributed by atoms with Gasteiger partial charge in [0.1, 0.15) is 0 Å². The van der Waals surface area contributed by atoms with Crippen molar-refractivity contribution in [3.05, 3.63) is 23.9 Å². The van der Waals surface area contributed by atoms with Crippen LogP contribution in [0.2, 0.25) is 0 Å². The molecule has 72 valence electrons. The van der Waals surface area contributed by atoms with Crippen molar-refractivity contribution in [3.8, 4) is 0 Å². The topological polar surface area (TPSA) is 55.1 Å². The van der Waals surface area contributed by atoms with Gasteiger partial charge in [-0.25, -0.2) is 0 Å². The summed E-state index contributed by atoms with van der Waals surface area (Å²) in [5.74, 6) is 0.544. The van der Waals surface area contributed by atoms with Crippen molar-refractivity contribution in [1.29, 1.82) is 0 Å². The SMILES string of the molecule is c1cc(C2CCNC2)n2nnnc2c1. The third-order valence-electron chi connectivity index (χ3n) is 2.73. The number of fused-ring (bicyclic) bond motifs is 1. The van der Waals surface area contributed by atoms with Crippen LogP contribution >= 0.6 is 0 Å². The summed E-state index contributed by atoms with van der Waals surface area (Å²) in [5, 5.41) is 14.9. The number of tetrazole rings is 1. The number of hydrogen-bond donors (Lipinski definition) is 1. The Kier molecular flexibility index (Phi) is 1.70. The Labute approximate surface area is 81.1 Å². The molecule has 0 aliphatic carbocycles. The molecule has 0 amide bonds. The lowest BCUT2D eigenvalue weighted by molar-refractivity contribution is 0.679. The molecule has 1 aliphatic rings. The highest BCUT2D eigenvalue weighted by Gasteiger charge is 2.19. The van der Waals surface area contributed by atoms with Crippen LogP contribution in [-0.2, 0) is 0 Å². The molecule has 0 aromatic carbocycles. The monoisotopic (exact) mass is 189 g/mol. The predicted molar refractivity (Wildman–Crippen MR) is 51.0 cm³/mol. The van der Waals surface area contributed by atoms with E-state index >= 15 is 0 Å². The van der Waals surface area contributed by atoms with E-state index in [0.717, 1.165) is 18.7 Å². The van der Waals surface area contributed by atoms with E-state index in [1.54, 1.807) is 0 Å². The van der Waals surface area contributed by atoms with Crippen LogP contribution in [0.3, 0.4) is 0 Å². The summed E-state index contributed by atoms with van der Waals surface area (Å²) in [7, 11) is 0. The molecule has 3 heterocycles. The number of rotatable bonds is 1. The van der Waals surface area contributed by atoms with Crippen LogP contribution in [-0.4, -0.2) is 33.1 Å². The van der Waals surface area contributed by atoms with E-state index < -0.39 is 0 Å². The fraction of sp³-hybridized carbons (Fsp3) is 0.444. The van der Waals surface area contributed by atoms with Gasteiger partial charge in [-0.15, -0.1) is 5.10 Å². The molecule has 2 aromatic rings. The lowest BCUT2D eigenvalue weighted by Gasteiger charge is -2.08. The second-order valence-corrected chi connectivity index (χ2v) is 3.59. The molecule has 1 unspecified atom stereocenters. The fourth-order valence-electron chi connectivity index (χ4n) is 2.00. The molecular formula is C9H11N5. The molecular weight excluding hydrogens is 178 g/mol. The minimum atomic E-state index is 0.544. The Bertz CT molecular complexity index is 443. The quantitative estimate of drug-likeness (QED) is 0.696. The zero-order valence-corrected chi connectivity index (χ0v) is 7.72. The van der Waals surface area contributed by atoms with E-state index in [0.29, 0.717) is 5.92 Å². The van der Waals surface area contributed by atoms with E-state index in [1.807, 2.05) is 16.6 Å². The van der Waals surface area contributed by atoms with Gasteiger partial charge in [-0.2, -0.15) is 4.52 Å². The molecule has 0 saturated carbocycles. The lowest BCUT2D eigenvalue weighted by Crippen LogP contribution is -2.10. The van der Waals surface area contributed by atoms with Gasteiger partial charge in [-0.1, -0.05) is 6.07 Å². The van der Waals surface area contributed by atoms with E-state index in [-0.39, 0.29) is 0 Å². The molecule has 2 aromatic heterocycles. The first-order chi connectivity index (χ1) is 6.95. The molecule has 1 fully saturated rings. The van der Waals surface area contributed by atoms with Gasteiger partial charge in [-0.05, 0) is 35.5 Å². The number of pyridine rings is 1. The molecule has 1 N–H and O–H groups in total. The first-order valence-corrected chi connectivity index (χ1v) is 4.83. The maximum absolute atomic E-state index is 3.99. The highest BCUT2D eigenvalue weighted by molar-refractivity contribution is 5.37. The van der Waals surface area contributed by atoms with Crippen LogP contribution < -0.4 is 5.32 Å².